The maximum absolute atomic E-state index is 12.2. The molecule has 0 aliphatic heterocycles. The van der Waals surface area contributed by atoms with Crippen LogP contribution in [0.15, 0.2) is 55.3 Å². The van der Waals surface area contributed by atoms with E-state index in [0.717, 1.165) is 18.8 Å². The van der Waals surface area contributed by atoms with Crippen molar-refractivity contribution in [2.45, 2.75) is 6.92 Å². The number of anilines is 7. The highest BCUT2D eigenvalue weighted by molar-refractivity contribution is 7.86. The van der Waals surface area contributed by atoms with E-state index in [2.05, 4.69) is 42.1 Å². The Labute approximate surface area is 242 Å². The van der Waals surface area contributed by atoms with Crippen LogP contribution in [0, 0.1) is 0 Å². The number of ether oxygens (including phenoxy) is 1. The number of nitrogens with one attached hydrogen (secondary N) is 4. The second-order valence-electron chi connectivity index (χ2n) is 8.91. The van der Waals surface area contributed by atoms with E-state index in [1.807, 2.05) is 63.3 Å². The van der Waals surface area contributed by atoms with Crippen molar-refractivity contribution in [3.05, 3.63) is 60.3 Å². The highest BCUT2D eigenvalue weighted by Crippen LogP contribution is 2.38. The van der Waals surface area contributed by atoms with Crippen molar-refractivity contribution in [2.75, 3.05) is 72.7 Å². The van der Waals surface area contributed by atoms with Crippen LogP contribution in [0.2, 0.25) is 5.02 Å². The van der Waals surface area contributed by atoms with E-state index in [0.29, 0.717) is 45.1 Å². The summed E-state index contributed by atoms with van der Waals surface area (Å²) in [6.07, 6.45) is 2.68. The van der Waals surface area contributed by atoms with Crippen molar-refractivity contribution in [3.63, 3.8) is 0 Å². The summed E-state index contributed by atoms with van der Waals surface area (Å²) in [5.41, 5.74) is 3.15. The molecule has 0 spiro atoms. The van der Waals surface area contributed by atoms with E-state index in [-0.39, 0.29) is 11.9 Å². The quantitative estimate of drug-likeness (QED) is 0.196. The van der Waals surface area contributed by atoms with Crippen molar-refractivity contribution in [2.24, 2.45) is 0 Å². The van der Waals surface area contributed by atoms with E-state index in [1.165, 1.54) is 12.3 Å². The van der Waals surface area contributed by atoms with Gasteiger partial charge in [-0.3, -0.25) is 4.79 Å². The molecule has 1 heterocycles. The lowest BCUT2D eigenvalue weighted by atomic mass is 10.2. The number of likely N-dealkylation sites (N-methyl/N-ethyl adjacent to an activating group) is 2. The predicted octanol–water partition coefficient (Wildman–Crippen LogP) is 4.84. The summed E-state index contributed by atoms with van der Waals surface area (Å²) < 4.78 is 20.7. The number of halogens is 1. The van der Waals surface area contributed by atoms with Gasteiger partial charge in [0, 0.05) is 32.0 Å². The summed E-state index contributed by atoms with van der Waals surface area (Å²) in [5.74, 6) is 1.21. The second kappa shape index (κ2) is 14.5. The van der Waals surface area contributed by atoms with Gasteiger partial charge in [-0.15, -0.1) is 0 Å². The van der Waals surface area contributed by atoms with Crippen molar-refractivity contribution in [1.82, 2.24) is 14.9 Å². The first kappa shape index (κ1) is 30.7. The molecular formula is C27H35ClN8O3S. The zero-order valence-electron chi connectivity index (χ0n) is 23.2. The summed E-state index contributed by atoms with van der Waals surface area (Å²) in [6.45, 7) is 6.92. The third kappa shape index (κ3) is 8.31. The molecule has 0 radical (unpaired) electrons. The van der Waals surface area contributed by atoms with Gasteiger partial charge >= 0.3 is 0 Å². The fourth-order valence-electron chi connectivity index (χ4n) is 3.54. The van der Waals surface area contributed by atoms with Gasteiger partial charge in [0.25, 0.3) is 0 Å². The Morgan fingerprint density at radius 3 is 2.48 bits per heavy atom. The third-order valence-electron chi connectivity index (χ3n) is 5.71. The van der Waals surface area contributed by atoms with Crippen LogP contribution < -0.4 is 30.3 Å². The average molecular weight is 587 g/mol. The van der Waals surface area contributed by atoms with Gasteiger partial charge in [0.1, 0.15) is 21.8 Å². The molecule has 2 aromatic carbocycles. The van der Waals surface area contributed by atoms with Gasteiger partial charge in [-0.1, -0.05) is 37.2 Å². The van der Waals surface area contributed by atoms with E-state index in [1.54, 1.807) is 13.2 Å². The molecule has 0 saturated carbocycles. The SMILES string of the molecule is C=CC(=O)Nc1cc(Nc2ncc(Cl)c(Nc3ccccc3NS(=O)CC)n2)c(OC)cc1N(C)CCN(C)C. The molecule has 0 saturated heterocycles. The van der Waals surface area contributed by atoms with Crippen LogP contribution >= 0.6 is 11.6 Å². The molecule has 13 heteroatoms. The number of amides is 1. The predicted molar refractivity (Wildman–Crippen MR) is 166 cm³/mol. The minimum atomic E-state index is -1.23. The summed E-state index contributed by atoms with van der Waals surface area (Å²) in [7, 11) is 6.27. The lowest BCUT2D eigenvalue weighted by Gasteiger charge is -2.26. The number of hydrogen-bond acceptors (Lipinski definition) is 9. The van der Waals surface area contributed by atoms with Crippen LogP contribution in [0.3, 0.4) is 0 Å². The molecule has 1 unspecified atom stereocenters. The number of aromatic nitrogens is 2. The van der Waals surface area contributed by atoms with Gasteiger partial charge in [-0.25, -0.2) is 9.19 Å². The van der Waals surface area contributed by atoms with Gasteiger partial charge in [-0.05, 0) is 38.4 Å². The third-order valence-corrected chi connectivity index (χ3v) is 6.96. The number of carbonyl (C=O) groups excluding carboxylic acids is 1. The fraction of sp³-hybridized carbons (Fsp3) is 0.296. The molecule has 0 fully saturated rings. The Morgan fingerprint density at radius 2 is 1.82 bits per heavy atom. The van der Waals surface area contributed by atoms with Crippen LogP contribution in [-0.2, 0) is 15.8 Å². The highest BCUT2D eigenvalue weighted by Gasteiger charge is 2.17. The molecule has 214 valence electrons. The maximum atomic E-state index is 12.2. The van der Waals surface area contributed by atoms with Crippen LogP contribution in [0.5, 0.6) is 5.75 Å². The molecule has 3 rings (SSSR count). The number of para-hydroxylation sites is 2. The molecule has 1 amide bonds. The van der Waals surface area contributed by atoms with Crippen LogP contribution in [0.4, 0.5) is 40.2 Å². The first-order chi connectivity index (χ1) is 19.1. The molecule has 0 aliphatic carbocycles. The van der Waals surface area contributed by atoms with Gasteiger partial charge in [0.05, 0.1) is 41.7 Å². The Balaban J connectivity index is 1.95. The summed E-state index contributed by atoms with van der Waals surface area (Å²) in [5, 5.41) is 9.52. The van der Waals surface area contributed by atoms with Gasteiger partial charge in [-0.2, -0.15) is 4.98 Å². The minimum absolute atomic E-state index is 0.238. The maximum Gasteiger partial charge on any atom is 0.247 e. The van der Waals surface area contributed by atoms with Gasteiger partial charge < -0.3 is 35.2 Å². The molecule has 3 aromatic rings. The Hall–Kier alpha value is -3.87. The highest BCUT2D eigenvalue weighted by atomic mass is 35.5. The lowest BCUT2D eigenvalue weighted by molar-refractivity contribution is -0.111. The Kier molecular flexibility index (Phi) is 11.1. The molecule has 1 atom stereocenters. The van der Waals surface area contributed by atoms with E-state index in [4.69, 9.17) is 16.3 Å². The number of rotatable bonds is 14. The minimum Gasteiger partial charge on any atom is -0.494 e. The zero-order chi connectivity index (χ0) is 29.2. The van der Waals surface area contributed by atoms with E-state index < -0.39 is 11.0 Å². The van der Waals surface area contributed by atoms with Crippen LogP contribution in [0.25, 0.3) is 0 Å². The normalized spacial score (nSPS) is 11.5. The summed E-state index contributed by atoms with van der Waals surface area (Å²) in [4.78, 5) is 25.2. The first-order valence-electron chi connectivity index (χ1n) is 12.5. The first-order valence-corrected chi connectivity index (χ1v) is 14.2. The Morgan fingerprint density at radius 1 is 1.10 bits per heavy atom. The van der Waals surface area contributed by atoms with E-state index >= 15 is 0 Å². The van der Waals surface area contributed by atoms with Crippen molar-refractivity contribution >= 4 is 68.7 Å². The standard InChI is InChI=1S/C27H35ClN8O3S/c1-7-25(37)30-21-15-22(24(39-6)16-23(21)36(5)14-13-35(3)4)32-27-29-17-18(28)26(33-27)31-19-11-9-10-12-20(19)34-40(38)8-2/h7,9-12,15-17,34H,1,8,13-14H2,2-6H3,(H,30,37)(H2,29,31,32,33). The number of hydrogen-bond donors (Lipinski definition) is 4. The molecule has 1 aromatic heterocycles. The lowest BCUT2D eigenvalue weighted by Crippen LogP contribution is -2.29. The monoisotopic (exact) mass is 586 g/mol. The number of nitrogens with zero attached hydrogens (tertiary/aromatic N) is 4. The Bertz CT molecular complexity index is 1370. The summed E-state index contributed by atoms with van der Waals surface area (Å²) >= 11 is 6.41. The zero-order valence-corrected chi connectivity index (χ0v) is 24.8. The van der Waals surface area contributed by atoms with Crippen molar-refractivity contribution in [3.8, 4) is 5.75 Å². The smallest absolute Gasteiger partial charge is 0.247 e. The largest absolute Gasteiger partial charge is 0.494 e. The van der Waals surface area contributed by atoms with E-state index in [9.17, 15) is 9.00 Å². The average Bonchev–Trinajstić information content (AvgIpc) is 2.94. The molecule has 40 heavy (non-hydrogen) atoms. The van der Waals surface area contributed by atoms with Gasteiger partial charge in [0.2, 0.25) is 11.9 Å². The number of carbonyl (C=O) groups is 1. The number of methoxy groups -OCH3 is 1. The summed E-state index contributed by atoms with van der Waals surface area (Å²) in [6, 6.07) is 10.9. The van der Waals surface area contributed by atoms with Crippen molar-refractivity contribution < 1.29 is 13.7 Å². The number of benzene rings is 2. The van der Waals surface area contributed by atoms with Crippen LogP contribution in [0.1, 0.15) is 6.92 Å². The molecular weight excluding hydrogens is 552 g/mol. The molecule has 11 nitrogen and oxygen atoms in total. The molecule has 0 aliphatic rings. The van der Waals surface area contributed by atoms with Gasteiger partial charge in [0.15, 0.2) is 5.82 Å². The van der Waals surface area contributed by atoms with Crippen LogP contribution in [-0.4, -0.2) is 72.1 Å². The second-order valence-corrected chi connectivity index (χ2v) is 10.8. The molecule has 4 N–H and O–H groups in total. The molecule has 0 bridgehead atoms. The topological polar surface area (TPSA) is 124 Å². The van der Waals surface area contributed by atoms with Crippen molar-refractivity contribution in [1.29, 1.82) is 0 Å². The fourth-order valence-corrected chi connectivity index (χ4v) is 4.25.